The second-order valence-corrected chi connectivity index (χ2v) is 15.6. The largest absolute Gasteiger partial charge is 0.456 e. The summed E-state index contributed by atoms with van der Waals surface area (Å²) < 4.78 is 8.98. The molecule has 9 aromatic carbocycles. The Balaban J connectivity index is 0.994. The monoisotopic (exact) mass is 792 g/mol. The number of aromatic nitrogens is 4. The van der Waals surface area contributed by atoms with E-state index >= 15 is 0 Å². The summed E-state index contributed by atoms with van der Waals surface area (Å²) in [5.41, 5.74) is 14.6. The highest BCUT2D eigenvalue weighted by atomic mass is 16.3. The van der Waals surface area contributed by atoms with Gasteiger partial charge in [0.05, 0.1) is 11.0 Å². The van der Waals surface area contributed by atoms with E-state index in [0.29, 0.717) is 17.5 Å². The quantitative estimate of drug-likeness (QED) is 0.161. The van der Waals surface area contributed by atoms with Gasteiger partial charge in [0.2, 0.25) is 0 Å². The molecule has 0 saturated carbocycles. The van der Waals surface area contributed by atoms with E-state index in [0.717, 1.165) is 83.0 Å². The summed E-state index contributed by atoms with van der Waals surface area (Å²) >= 11 is 0. The molecule has 0 aliphatic rings. The number of rotatable bonds is 7. The zero-order chi connectivity index (χ0) is 41.0. The standard InChI is InChI=1S/C57H36N4O/c1-4-13-37(14-5-1)40-23-25-42(26-24-40)55-58-56(44-20-12-19-43(33-44)39-17-8-3-9-18-39)60-57(59-55)45-29-32-53-49(34-45)50-35-48-47-21-10-11-22-51(47)61(52(48)36-54(50)62-53)46-30-27-41(28-31-46)38-15-6-2-7-16-38/h1-36H. The molecule has 3 heterocycles. The molecule has 0 saturated heterocycles. The highest BCUT2D eigenvalue weighted by Gasteiger charge is 2.19. The van der Waals surface area contributed by atoms with Gasteiger partial charge in [-0.3, -0.25) is 0 Å². The van der Waals surface area contributed by atoms with Crippen LogP contribution in [0.25, 0.3) is 117 Å². The van der Waals surface area contributed by atoms with Gasteiger partial charge in [0.1, 0.15) is 11.2 Å². The molecule has 5 nitrogen and oxygen atoms in total. The van der Waals surface area contributed by atoms with Gasteiger partial charge in [-0.2, -0.15) is 0 Å². The van der Waals surface area contributed by atoms with Crippen LogP contribution in [0.5, 0.6) is 0 Å². The lowest BCUT2D eigenvalue weighted by atomic mass is 10.0. The van der Waals surface area contributed by atoms with Crippen LogP contribution in [0.4, 0.5) is 0 Å². The van der Waals surface area contributed by atoms with E-state index in [-0.39, 0.29) is 0 Å². The topological polar surface area (TPSA) is 56.7 Å². The van der Waals surface area contributed by atoms with Crippen molar-refractivity contribution in [2.24, 2.45) is 0 Å². The van der Waals surface area contributed by atoms with Crippen LogP contribution in [0.3, 0.4) is 0 Å². The van der Waals surface area contributed by atoms with Gasteiger partial charge in [-0.05, 0) is 81.9 Å². The van der Waals surface area contributed by atoms with Crippen molar-refractivity contribution in [2.75, 3.05) is 0 Å². The Morgan fingerprint density at radius 2 is 0.742 bits per heavy atom. The SMILES string of the molecule is c1ccc(-c2ccc(-c3nc(-c4cccc(-c5ccccc5)c4)nc(-c4ccc5oc6cc7c(cc6c5c4)c4ccccc4n7-c4ccc(-c5ccccc5)cc4)n3)cc2)cc1. The minimum absolute atomic E-state index is 0.593. The maximum atomic E-state index is 6.64. The molecule has 0 aliphatic heterocycles. The summed E-state index contributed by atoms with van der Waals surface area (Å²) in [6.07, 6.45) is 0. The summed E-state index contributed by atoms with van der Waals surface area (Å²) in [6.45, 7) is 0. The fraction of sp³-hybridized carbons (Fsp3) is 0. The van der Waals surface area contributed by atoms with Gasteiger partial charge >= 0.3 is 0 Å². The zero-order valence-electron chi connectivity index (χ0n) is 33.5. The number of benzene rings is 9. The molecular formula is C57H36N4O. The highest BCUT2D eigenvalue weighted by molar-refractivity contribution is 6.17. The van der Waals surface area contributed by atoms with Crippen molar-refractivity contribution in [1.82, 2.24) is 19.5 Å². The number of hydrogen-bond acceptors (Lipinski definition) is 4. The lowest BCUT2D eigenvalue weighted by Gasteiger charge is -2.10. The molecule has 0 bridgehead atoms. The van der Waals surface area contributed by atoms with Crippen molar-refractivity contribution in [3.63, 3.8) is 0 Å². The van der Waals surface area contributed by atoms with Gasteiger partial charge in [0, 0.05) is 50.0 Å². The fourth-order valence-electron chi connectivity index (χ4n) is 8.76. The highest BCUT2D eigenvalue weighted by Crippen LogP contribution is 2.40. The maximum Gasteiger partial charge on any atom is 0.164 e. The molecule has 0 N–H and O–H groups in total. The molecule has 0 radical (unpaired) electrons. The van der Waals surface area contributed by atoms with Gasteiger partial charge in [0.15, 0.2) is 17.5 Å². The van der Waals surface area contributed by atoms with Crippen molar-refractivity contribution in [2.45, 2.75) is 0 Å². The van der Waals surface area contributed by atoms with Gasteiger partial charge in [-0.1, -0.05) is 164 Å². The van der Waals surface area contributed by atoms with E-state index in [1.165, 1.54) is 16.5 Å². The number of hydrogen-bond donors (Lipinski definition) is 0. The van der Waals surface area contributed by atoms with E-state index in [4.69, 9.17) is 19.4 Å². The molecule has 0 aliphatic carbocycles. The molecule has 12 rings (SSSR count). The second kappa shape index (κ2) is 14.7. The minimum atomic E-state index is 0.593. The first-order chi connectivity index (χ1) is 30.7. The van der Waals surface area contributed by atoms with Crippen LogP contribution in [0.1, 0.15) is 0 Å². The Morgan fingerprint density at radius 1 is 0.274 bits per heavy atom. The summed E-state index contributed by atoms with van der Waals surface area (Å²) in [5, 5.41) is 4.39. The maximum absolute atomic E-state index is 6.64. The molecule has 0 atom stereocenters. The van der Waals surface area contributed by atoms with Crippen LogP contribution in [0, 0.1) is 0 Å². The third kappa shape index (κ3) is 6.23. The predicted octanol–water partition coefficient (Wildman–Crippen LogP) is 14.9. The van der Waals surface area contributed by atoms with Crippen molar-refractivity contribution in [1.29, 1.82) is 0 Å². The Bertz CT molecular complexity index is 3590. The zero-order valence-corrected chi connectivity index (χ0v) is 33.5. The molecular weight excluding hydrogens is 757 g/mol. The minimum Gasteiger partial charge on any atom is -0.456 e. The number of fused-ring (bicyclic) bond motifs is 6. The van der Waals surface area contributed by atoms with Gasteiger partial charge < -0.3 is 8.98 Å². The molecule has 0 spiro atoms. The Hall–Kier alpha value is -8.41. The van der Waals surface area contributed by atoms with E-state index in [2.05, 4.69) is 205 Å². The Morgan fingerprint density at radius 3 is 1.40 bits per heavy atom. The van der Waals surface area contributed by atoms with Gasteiger partial charge in [0.25, 0.3) is 0 Å². The van der Waals surface area contributed by atoms with Crippen LogP contribution in [-0.4, -0.2) is 19.5 Å². The molecule has 290 valence electrons. The molecule has 0 amide bonds. The van der Waals surface area contributed by atoms with Crippen molar-refractivity contribution in [3.8, 4) is 73.2 Å². The first-order valence-electron chi connectivity index (χ1n) is 20.8. The third-order valence-corrected chi connectivity index (χ3v) is 11.9. The van der Waals surface area contributed by atoms with Crippen LogP contribution in [-0.2, 0) is 0 Å². The molecule has 5 heteroatoms. The normalized spacial score (nSPS) is 11.5. The van der Waals surface area contributed by atoms with E-state index < -0.39 is 0 Å². The summed E-state index contributed by atoms with van der Waals surface area (Å²) in [4.78, 5) is 15.4. The van der Waals surface area contributed by atoms with Crippen LogP contribution in [0.15, 0.2) is 223 Å². The predicted molar refractivity (Wildman–Crippen MR) is 254 cm³/mol. The second-order valence-electron chi connectivity index (χ2n) is 15.6. The van der Waals surface area contributed by atoms with Crippen LogP contribution >= 0.6 is 0 Å². The van der Waals surface area contributed by atoms with Crippen LogP contribution in [0.2, 0.25) is 0 Å². The van der Waals surface area contributed by atoms with E-state index in [9.17, 15) is 0 Å². The molecule has 62 heavy (non-hydrogen) atoms. The van der Waals surface area contributed by atoms with Gasteiger partial charge in [-0.15, -0.1) is 0 Å². The first-order valence-corrected chi connectivity index (χ1v) is 20.8. The van der Waals surface area contributed by atoms with Crippen LogP contribution < -0.4 is 0 Å². The van der Waals surface area contributed by atoms with Crippen molar-refractivity contribution in [3.05, 3.63) is 218 Å². The first kappa shape index (κ1) is 35.5. The lowest BCUT2D eigenvalue weighted by molar-refractivity contribution is 0.669. The summed E-state index contributed by atoms with van der Waals surface area (Å²) in [5.74, 6) is 1.81. The molecule has 12 aromatic rings. The van der Waals surface area contributed by atoms with Crippen molar-refractivity contribution < 1.29 is 4.42 Å². The smallest absolute Gasteiger partial charge is 0.164 e. The lowest BCUT2D eigenvalue weighted by Crippen LogP contribution is -2.00. The fourth-order valence-corrected chi connectivity index (χ4v) is 8.76. The number of furan rings is 1. The molecule has 0 unspecified atom stereocenters. The average molecular weight is 793 g/mol. The molecule has 3 aromatic heterocycles. The molecule has 0 fully saturated rings. The Kier molecular flexibility index (Phi) is 8.42. The Labute approximate surface area is 357 Å². The summed E-state index contributed by atoms with van der Waals surface area (Å²) in [7, 11) is 0. The average Bonchev–Trinajstić information content (AvgIpc) is 3.88. The van der Waals surface area contributed by atoms with Gasteiger partial charge in [-0.25, -0.2) is 15.0 Å². The number of nitrogens with zero attached hydrogens (tertiary/aromatic N) is 4. The van der Waals surface area contributed by atoms with E-state index in [1.807, 2.05) is 18.2 Å². The number of para-hydroxylation sites is 1. The van der Waals surface area contributed by atoms with E-state index in [1.54, 1.807) is 0 Å². The van der Waals surface area contributed by atoms with Crippen molar-refractivity contribution >= 4 is 43.7 Å². The summed E-state index contributed by atoms with van der Waals surface area (Å²) in [6, 6.07) is 76.3. The third-order valence-electron chi connectivity index (χ3n) is 11.9.